The van der Waals surface area contributed by atoms with Gasteiger partial charge in [-0.2, -0.15) is 0 Å². The Hall–Kier alpha value is -1.98. The van der Waals surface area contributed by atoms with Gasteiger partial charge in [-0.3, -0.25) is 9.59 Å². The molecule has 0 saturated carbocycles. The van der Waals surface area contributed by atoms with Crippen LogP contribution in [0.2, 0.25) is 0 Å². The molecule has 0 aromatic carbocycles. The lowest BCUT2D eigenvalue weighted by Gasteiger charge is -2.33. The number of rotatable bonds is 4. The lowest BCUT2D eigenvalue weighted by atomic mass is 9.92. The second-order valence-corrected chi connectivity index (χ2v) is 6.13. The molecular formula is C16H24N4O2. The summed E-state index contributed by atoms with van der Waals surface area (Å²) in [5.41, 5.74) is 1.25. The number of nitrogens with zero attached hydrogens (tertiary/aromatic N) is 3. The molecular weight excluding hydrogens is 280 g/mol. The van der Waals surface area contributed by atoms with Crippen molar-refractivity contribution in [1.29, 1.82) is 0 Å². The summed E-state index contributed by atoms with van der Waals surface area (Å²) in [5.74, 6) is 0.448. The molecule has 0 unspecified atom stereocenters. The maximum atomic E-state index is 12.1. The van der Waals surface area contributed by atoms with E-state index in [1.807, 2.05) is 18.7 Å². The van der Waals surface area contributed by atoms with Gasteiger partial charge in [-0.1, -0.05) is 13.8 Å². The third-order valence-electron chi connectivity index (χ3n) is 4.01. The fourth-order valence-electron chi connectivity index (χ4n) is 2.85. The summed E-state index contributed by atoms with van der Waals surface area (Å²) in [6.07, 6.45) is 4.31. The number of carbonyl (C=O) groups is 2. The van der Waals surface area contributed by atoms with E-state index in [0.29, 0.717) is 11.6 Å². The number of aromatic nitrogens is 2. The van der Waals surface area contributed by atoms with Crippen molar-refractivity contribution in [3.63, 3.8) is 0 Å². The van der Waals surface area contributed by atoms with E-state index in [0.717, 1.165) is 38.0 Å². The van der Waals surface area contributed by atoms with Gasteiger partial charge in [0, 0.05) is 31.7 Å². The summed E-state index contributed by atoms with van der Waals surface area (Å²) < 4.78 is 0. The summed E-state index contributed by atoms with van der Waals surface area (Å²) in [6, 6.07) is 1.74. The molecule has 1 aromatic rings. The van der Waals surface area contributed by atoms with E-state index in [2.05, 4.69) is 15.3 Å². The highest BCUT2D eigenvalue weighted by Gasteiger charge is 2.25. The van der Waals surface area contributed by atoms with Crippen molar-refractivity contribution >= 4 is 11.8 Å². The van der Waals surface area contributed by atoms with Crippen LogP contribution < -0.4 is 5.32 Å². The van der Waals surface area contributed by atoms with Crippen LogP contribution in [0, 0.1) is 11.8 Å². The predicted octanol–water partition coefficient (Wildman–Crippen LogP) is 1.27. The van der Waals surface area contributed by atoms with Crippen LogP contribution in [0.5, 0.6) is 0 Å². The zero-order valence-corrected chi connectivity index (χ0v) is 13.5. The summed E-state index contributed by atoms with van der Waals surface area (Å²) in [4.78, 5) is 33.9. The lowest BCUT2D eigenvalue weighted by Crippen LogP contribution is -2.42. The lowest BCUT2D eigenvalue weighted by molar-refractivity contribution is -0.136. The van der Waals surface area contributed by atoms with Gasteiger partial charge < -0.3 is 10.2 Å². The van der Waals surface area contributed by atoms with Crippen LogP contribution in [0.3, 0.4) is 0 Å². The Morgan fingerprint density at radius 2 is 2.18 bits per heavy atom. The van der Waals surface area contributed by atoms with E-state index >= 15 is 0 Å². The SMILES string of the molecule is CNC(=O)c1cc(C[C@H]2CCCN(C(=O)C(C)C)C2)ncn1. The minimum absolute atomic E-state index is 0.0395. The molecule has 1 aromatic heterocycles. The Labute approximate surface area is 131 Å². The molecule has 1 aliphatic heterocycles. The molecule has 1 atom stereocenters. The Kier molecular flexibility index (Phi) is 5.46. The standard InChI is InChI=1S/C16H24N4O2/c1-11(2)16(22)20-6-4-5-12(9-20)7-13-8-14(15(21)17-3)19-10-18-13/h8,10-12H,4-7,9H2,1-3H3,(H,17,21)/t12-/m1/s1. The molecule has 1 N–H and O–H groups in total. The fraction of sp³-hybridized carbons (Fsp3) is 0.625. The molecule has 120 valence electrons. The van der Waals surface area contributed by atoms with Crippen LogP contribution >= 0.6 is 0 Å². The minimum atomic E-state index is -0.205. The van der Waals surface area contributed by atoms with Crippen molar-refractivity contribution < 1.29 is 9.59 Å². The average molecular weight is 304 g/mol. The van der Waals surface area contributed by atoms with Crippen LogP contribution in [0.25, 0.3) is 0 Å². The molecule has 2 heterocycles. The van der Waals surface area contributed by atoms with Crippen molar-refractivity contribution in [2.75, 3.05) is 20.1 Å². The normalized spacial score (nSPS) is 18.4. The predicted molar refractivity (Wildman–Crippen MR) is 83.3 cm³/mol. The maximum Gasteiger partial charge on any atom is 0.269 e. The quantitative estimate of drug-likeness (QED) is 0.909. The largest absolute Gasteiger partial charge is 0.354 e. The molecule has 0 aliphatic carbocycles. The zero-order valence-electron chi connectivity index (χ0n) is 13.5. The monoisotopic (exact) mass is 304 g/mol. The van der Waals surface area contributed by atoms with Crippen LogP contribution in [0.4, 0.5) is 0 Å². The summed E-state index contributed by atoms with van der Waals surface area (Å²) in [7, 11) is 1.58. The Morgan fingerprint density at radius 1 is 1.41 bits per heavy atom. The third-order valence-corrected chi connectivity index (χ3v) is 4.01. The number of amides is 2. The Bertz CT molecular complexity index is 545. The van der Waals surface area contributed by atoms with Gasteiger partial charge in [-0.15, -0.1) is 0 Å². The van der Waals surface area contributed by atoms with Crippen molar-refractivity contribution in [2.45, 2.75) is 33.1 Å². The van der Waals surface area contributed by atoms with E-state index in [4.69, 9.17) is 0 Å². The van der Waals surface area contributed by atoms with E-state index < -0.39 is 0 Å². The molecule has 0 spiro atoms. The first-order valence-electron chi connectivity index (χ1n) is 7.83. The highest BCUT2D eigenvalue weighted by Crippen LogP contribution is 2.21. The van der Waals surface area contributed by atoms with Crippen LogP contribution in [0.15, 0.2) is 12.4 Å². The average Bonchev–Trinajstić information content (AvgIpc) is 2.53. The van der Waals surface area contributed by atoms with E-state index in [9.17, 15) is 9.59 Å². The molecule has 6 heteroatoms. The summed E-state index contributed by atoms with van der Waals surface area (Å²) >= 11 is 0. The molecule has 2 amide bonds. The molecule has 22 heavy (non-hydrogen) atoms. The fourth-order valence-corrected chi connectivity index (χ4v) is 2.85. The smallest absolute Gasteiger partial charge is 0.269 e. The molecule has 1 fully saturated rings. The van der Waals surface area contributed by atoms with Crippen molar-refractivity contribution in [2.24, 2.45) is 11.8 Å². The molecule has 0 bridgehead atoms. The Morgan fingerprint density at radius 3 is 2.86 bits per heavy atom. The highest BCUT2D eigenvalue weighted by atomic mass is 16.2. The molecule has 0 radical (unpaired) electrons. The number of carbonyl (C=O) groups excluding carboxylic acids is 2. The third kappa shape index (κ3) is 4.02. The van der Waals surface area contributed by atoms with Gasteiger partial charge in [0.1, 0.15) is 12.0 Å². The van der Waals surface area contributed by atoms with E-state index in [1.165, 1.54) is 6.33 Å². The van der Waals surface area contributed by atoms with Crippen LogP contribution in [0.1, 0.15) is 42.9 Å². The number of hydrogen-bond acceptors (Lipinski definition) is 4. The highest BCUT2D eigenvalue weighted by molar-refractivity contribution is 5.91. The van der Waals surface area contributed by atoms with Gasteiger partial charge in [0.15, 0.2) is 0 Å². The number of hydrogen-bond donors (Lipinski definition) is 1. The number of piperidine rings is 1. The minimum Gasteiger partial charge on any atom is -0.354 e. The van der Waals surface area contributed by atoms with Crippen molar-refractivity contribution in [1.82, 2.24) is 20.2 Å². The maximum absolute atomic E-state index is 12.1. The molecule has 6 nitrogen and oxygen atoms in total. The molecule has 1 aliphatic rings. The zero-order chi connectivity index (χ0) is 16.1. The van der Waals surface area contributed by atoms with Crippen molar-refractivity contribution in [3.05, 3.63) is 23.8 Å². The van der Waals surface area contributed by atoms with Crippen LogP contribution in [-0.2, 0) is 11.2 Å². The van der Waals surface area contributed by atoms with Gasteiger partial charge in [-0.05, 0) is 31.2 Å². The first kappa shape index (κ1) is 16.4. The summed E-state index contributed by atoms with van der Waals surface area (Å²) in [6.45, 7) is 5.50. The molecule has 1 saturated heterocycles. The number of likely N-dealkylation sites (tertiary alicyclic amines) is 1. The Balaban J connectivity index is 2.01. The topological polar surface area (TPSA) is 75.2 Å². The second-order valence-electron chi connectivity index (χ2n) is 6.13. The summed E-state index contributed by atoms with van der Waals surface area (Å²) in [5, 5.41) is 2.56. The number of nitrogens with one attached hydrogen (secondary N) is 1. The second kappa shape index (κ2) is 7.33. The first-order valence-corrected chi connectivity index (χ1v) is 7.83. The van der Waals surface area contributed by atoms with Gasteiger partial charge in [0.05, 0.1) is 0 Å². The molecule has 2 rings (SSSR count). The first-order chi connectivity index (χ1) is 10.5. The van der Waals surface area contributed by atoms with Gasteiger partial charge in [0.25, 0.3) is 5.91 Å². The van der Waals surface area contributed by atoms with E-state index in [-0.39, 0.29) is 17.7 Å². The van der Waals surface area contributed by atoms with Gasteiger partial charge in [0.2, 0.25) is 5.91 Å². The van der Waals surface area contributed by atoms with Crippen molar-refractivity contribution in [3.8, 4) is 0 Å². The van der Waals surface area contributed by atoms with Gasteiger partial charge in [-0.25, -0.2) is 9.97 Å². The van der Waals surface area contributed by atoms with E-state index in [1.54, 1.807) is 13.1 Å². The van der Waals surface area contributed by atoms with Crippen LogP contribution in [-0.4, -0.2) is 46.8 Å². The van der Waals surface area contributed by atoms with Gasteiger partial charge >= 0.3 is 0 Å².